The first kappa shape index (κ1) is 18.4. The van der Waals surface area contributed by atoms with Crippen molar-refractivity contribution in [2.45, 2.75) is 32.9 Å². The van der Waals surface area contributed by atoms with E-state index < -0.39 is 6.61 Å². The van der Waals surface area contributed by atoms with E-state index in [1.807, 2.05) is 0 Å². The van der Waals surface area contributed by atoms with E-state index in [2.05, 4.69) is 10.1 Å². The summed E-state index contributed by atoms with van der Waals surface area (Å²) in [4.78, 5) is 14.1. The number of benzene rings is 1. The Labute approximate surface area is 140 Å². The van der Waals surface area contributed by atoms with E-state index >= 15 is 0 Å². The molecule has 1 heterocycles. The Morgan fingerprint density at radius 2 is 2.21 bits per heavy atom. The Balaban J connectivity index is 2.05. The van der Waals surface area contributed by atoms with Gasteiger partial charge in [-0.25, -0.2) is 0 Å². The molecule has 1 unspecified atom stereocenters. The van der Waals surface area contributed by atoms with Crippen LogP contribution in [0.5, 0.6) is 11.5 Å². The monoisotopic (exact) mass is 342 g/mol. The summed E-state index contributed by atoms with van der Waals surface area (Å²) in [5.41, 5.74) is 0.805. The van der Waals surface area contributed by atoms with E-state index in [0.29, 0.717) is 19.7 Å². The highest BCUT2D eigenvalue weighted by molar-refractivity contribution is 5.79. The summed E-state index contributed by atoms with van der Waals surface area (Å²) in [6, 6.07) is 4.76. The lowest BCUT2D eigenvalue weighted by Gasteiger charge is -2.27. The number of carbonyl (C=O) groups excluding carboxylic acids is 1. The SMILES string of the molecule is CCOc1cc(CN(C)C(=O)C2CCCNC2)ccc1OC(F)F. The van der Waals surface area contributed by atoms with Crippen molar-refractivity contribution >= 4 is 5.91 Å². The zero-order valence-corrected chi connectivity index (χ0v) is 14.1. The Bertz CT molecular complexity index is 549. The second-order valence-corrected chi connectivity index (χ2v) is 5.83. The quantitative estimate of drug-likeness (QED) is 0.828. The number of piperidine rings is 1. The van der Waals surface area contributed by atoms with Gasteiger partial charge >= 0.3 is 6.61 Å². The van der Waals surface area contributed by atoms with Crippen LogP contribution >= 0.6 is 0 Å². The van der Waals surface area contributed by atoms with Gasteiger partial charge in [-0.2, -0.15) is 8.78 Å². The van der Waals surface area contributed by atoms with Gasteiger partial charge in [0.2, 0.25) is 5.91 Å². The highest BCUT2D eigenvalue weighted by Crippen LogP contribution is 2.30. The summed E-state index contributed by atoms with van der Waals surface area (Å²) in [7, 11) is 1.75. The van der Waals surface area contributed by atoms with Gasteiger partial charge in [-0.15, -0.1) is 0 Å². The van der Waals surface area contributed by atoms with Crippen LogP contribution in [0.2, 0.25) is 0 Å². The van der Waals surface area contributed by atoms with Crippen molar-refractivity contribution in [3.63, 3.8) is 0 Å². The molecule has 1 aliphatic heterocycles. The number of hydrogen-bond acceptors (Lipinski definition) is 4. The van der Waals surface area contributed by atoms with Gasteiger partial charge in [-0.05, 0) is 44.0 Å². The van der Waals surface area contributed by atoms with Gasteiger partial charge in [0.05, 0.1) is 12.5 Å². The first-order chi connectivity index (χ1) is 11.5. The van der Waals surface area contributed by atoms with Gasteiger partial charge in [0, 0.05) is 20.1 Å². The molecule has 5 nitrogen and oxygen atoms in total. The topological polar surface area (TPSA) is 50.8 Å². The lowest BCUT2D eigenvalue weighted by Crippen LogP contribution is -2.41. The number of halogens is 2. The van der Waals surface area contributed by atoms with Crippen molar-refractivity contribution in [2.75, 3.05) is 26.7 Å². The molecule has 1 N–H and O–H groups in total. The van der Waals surface area contributed by atoms with Crippen molar-refractivity contribution in [3.05, 3.63) is 23.8 Å². The maximum Gasteiger partial charge on any atom is 0.387 e. The third-order valence-corrected chi connectivity index (χ3v) is 3.97. The van der Waals surface area contributed by atoms with Gasteiger partial charge in [0.25, 0.3) is 0 Å². The molecule has 0 bridgehead atoms. The maximum absolute atomic E-state index is 12.5. The number of nitrogens with zero attached hydrogens (tertiary/aromatic N) is 1. The molecule has 1 fully saturated rings. The largest absolute Gasteiger partial charge is 0.490 e. The zero-order valence-electron chi connectivity index (χ0n) is 14.1. The summed E-state index contributed by atoms with van der Waals surface area (Å²) in [5, 5.41) is 3.23. The average molecular weight is 342 g/mol. The third kappa shape index (κ3) is 5.06. The van der Waals surface area contributed by atoms with Crippen LogP contribution in [-0.2, 0) is 11.3 Å². The number of alkyl halides is 2. The number of hydrogen-bond donors (Lipinski definition) is 1. The lowest BCUT2D eigenvalue weighted by atomic mass is 9.98. The van der Waals surface area contributed by atoms with Gasteiger partial charge in [0.1, 0.15) is 0 Å². The maximum atomic E-state index is 12.5. The van der Waals surface area contributed by atoms with Crippen LogP contribution in [0.4, 0.5) is 8.78 Å². The van der Waals surface area contributed by atoms with Gasteiger partial charge < -0.3 is 19.7 Å². The van der Waals surface area contributed by atoms with Gasteiger partial charge in [-0.3, -0.25) is 4.79 Å². The van der Waals surface area contributed by atoms with Crippen LogP contribution in [0.1, 0.15) is 25.3 Å². The molecular weight excluding hydrogens is 318 g/mol. The van der Waals surface area contributed by atoms with E-state index in [1.54, 1.807) is 31.0 Å². The predicted molar refractivity (Wildman–Crippen MR) is 86.3 cm³/mol. The number of nitrogens with one attached hydrogen (secondary N) is 1. The molecule has 1 amide bonds. The number of ether oxygens (including phenoxy) is 2. The number of amides is 1. The highest BCUT2D eigenvalue weighted by atomic mass is 19.3. The van der Waals surface area contributed by atoms with Crippen LogP contribution in [0.15, 0.2) is 18.2 Å². The molecule has 7 heteroatoms. The Morgan fingerprint density at radius 3 is 2.83 bits per heavy atom. The predicted octanol–water partition coefficient (Wildman–Crippen LogP) is 2.64. The van der Waals surface area contributed by atoms with E-state index in [1.165, 1.54) is 6.07 Å². The van der Waals surface area contributed by atoms with E-state index in [0.717, 1.165) is 24.9 Å². The first-order valence-corrected chi connectivity index (χ1v) is 8.17. The molecule has 1 aromatic carbocycles. The number of rotatable bonds is 7. The highest BCUT2D eigenvalue weighted by Gasteiger charge is 2.24. The number of carbonyl (C=O) groups is 1. The molecular formula is C17H24F2N2O3. The second-order valence-electron chi connectivity index (χ2n) is 5.83. The van der Waals surface area contributed by atoms with Crippen molar-refractivity contribution in [3.8, 4) is 11.5 Å². The summed E-state index contributed by atoms with van der Waals surface area (Å²) < 4.78 is 34.7. The molecule has 0 aliphatic carbocycles. The molecule has 1 saturated heterocycles. The lowest BCUT2D eigenvalue weighted by molar-refractivity contribution is -0.135. The third-order valence-electron chi connectivity index (χ3n) is 3.97. The van der Waals surface area contributed by atoms with Gasteiger partial charge in [0.15, 0.2) is 11.5 Å². The summed E-state index contributed by atoms with van der Waals surface area (Å²) in [6.45, 7) is 1.25. The minimum absolute atomic E-state index is 0.000982. The van der Waals surface area contributed by atoms with E-state index in [4.69, 9.17) is 4.74 Å². The van der Waals surface area contributed by atoms with Crippen LogP contribution in [0.3, 0.4) is 0 Å². The Kier molecular flexibility index (Phi) is 6.78. The Morgan fingerprint density at radius 1 is 1.42 bits per heavy atom. The average Bonchev–Trinajstić information content (AvgIpc) is 2.57. The zero-order chi connectivity index (χ0) is 17.5. The summed E-state index contributed by atoms with van der Waals surface area (Å²) in [6.07, 6.45) is 1.89. The standard InChI is InChI=1S/C17H24F2N2O3/c1-3-23-15-9-12(6-7-14(15)24-17(18)19)11-21(2)16(22)13-5-4-8-20-10-13/h6-7,9,13,17,20H,3-5,8,10-11H2,1-2H3. The summed E-state index contributed by atoms with van der Waals surface area (Å²) in [5.74, 6) is 0.348. The first-order valence-electron chi connectivity index (χ1n) is 8.17. The van der Waals surface area contributed by atoms with Crippen molar-refractivity contribution < 1.29 is 23.0 Å². The van der Waals surface area contributed by atoms with Crippen molar-refractivity contribution in [1.82, 2.24) is 10.2 Å². The fourth-order valence-corrected chi connectivity index (χ4v) is 2.84. The molecule has 1 aromatic rings. The van der Waals surface area contributed by atoms with Crippen molar-refractivity contribution in [2.24, 2.45) is 5.92 Å². The Hall–Kier alpha value is -1.89. The van der Waals surface area contributed by atoms with Crippen LogP contribution in [0, 0.1) is 5.92 Å². The molecule has 0 radical (unpaired) electrons. The fourth-order valence-electron chi connectivity index (χ4n) is 2.84. The molecule has 1 aliphatic rings. The molecule has 0 saturated carbocycles. The smallest absolute Gasteiger partial charge is 0.387 e. The van der Waals surface area contributed by atoms with E-state index in [9.17, 15) is 13.6 Å². The molecule has 24 heavy (non-hydrogen) atoms. The van der Waals surface area contributed by atoms with E-state index in [-0.39, 0.29) is 23.3 Å². The van der Waals surface area contributed by atoms with Crippen LogP contribution in [0.25, 0.3) is 0 Å². The summed E-state index contributed by atoms with van der Waals surface area (Å²) >= 11 is 0. The molecule has 134 valence electrons. The minimum atomic E-state index is -2.90. The second kappa shape index (κ2) is 8.82. The van der Waals surface area contributed by atoms with Gasteiger partial charge in [-0.1, -0.05) is 6.07 Å². The fraction of sp³-hybridized carbons (Fsp3) is 0.588. The van der Waals surface area contributed by atoms with Crippen molar-refractivity contribution in [1.29, 1.82) is 0 Å². The minimum Gasteiger partial charge on any atom is -0.490 e. The normalized spacial score (nSPS) is 17.6. The molecule has 1 atom stereocenters. The molecule has 0 spiro atoms. The van der Waals surface area contributed by atoms with Crippen LogP contribution in [-0.4, -0.2) is 44.2 Å². The van der Waals surface area contributed by atoms with Crippen LogP contribution < -0.4 is 14.8 Å². The molecule has 0 aromatic heterocycles. The molecule has 2 rings (SSSR count).